The van der Waals surface area contributed by atoms with E-state index in [0.717, 1.165) is 18.6 Å². The number of halogens is 1. The molecular weight excluding hydrogens is 276 g/mol. The van der Waals surface area contributed by atoms with Crippen molar-refractivity contribution in [1.29, 1.82) is 0 Å². The van der Waals surface area contributed by atoms with Crippen molar-refractivity contribution in [3.8, 4) is 0 Å². The van der Waals surface area contributed by atoms with E-state index >= 15 is 0 Å². The molecule has 2 aromatic carbocycles. The Morgan fingerprint density at radius 3 is 2.37 bits per heavy atom. The Kier molecular flexibility index (Phi) is 5.49. The molecule has 2 aromatic rings. The van der Waals surface area contributed by atoms with Gasteiger partial charge in [-0.25, -0.2) is 0 Å². The maximum atomic E-state index is 11.9. The summed E-state index contributed by atoms with van der Waals surface area (Å²) in [5.41, 5.74) is 2.04. The number of benzene rings is 2. The van der Waals surface area contributed by atoms with Gasteiger partial charge in [-0.2, -0.15) is 0 Å². The van der Waals surface area contributed by atoms with Crippen LogP contribution in [0.2, 0.25) is 5.02 Å². The predicted molar refractivity (Wildman–Crippen MR) is 83.0 cm³/mol. The zero-order valence-electron chi connectivity index (χ0n) is 10.5. The average molecular weight is 291 g/mol. The van der Waals surface area contributed by atoms with E-state index in [1.165, 1.54) is 17.3 Å². The van der Waals surface area contributed by atoms with Gasteiger partial charge in [0.15, 0.2) is 0 Å². The second kappa shape index (κ2) is 7.37. The lowest BCUT2D eigenvalue weighted by Crippen LogP contribution is -1.96. The summed E-state index contributed by atoms with van der Waals surface area (Å²) >= 11 is 7.17. The van der Waals surface area contributed by atoms with Crippen LogP contribution in [-0.4, -0.2) is 10.9 Å². The van der Waals surface area contributed by atoms with Crippen molar-refractivity contribution >= 4 is 28.5 Å². The van der Waals surface area contributed by atoms with Gasteiger partial charge >= 0.3 is 0 Å². The fraction of sp³-hybridized carbons (Fsp3) is 0.188. The molecule has 2 rings (SSSR count). The molecule has 19 heavy (non-hydrogen) atoms. The zero-order chi connectivity index (χ0) is 13.5. The molecule has 0 saturated carbocycles. The third-order valence-electron chi connectivity index (χ3n) is 2.77. The van der Waals surface area contributed by atoms with Crippen molar-refractivity contribution in [3.63, 3.8) is 0 Å². The minimum Gasteiger partial charge on any atom is -0.282 e. The first-order chi connectivity index (χ1) is 9.25. The van der Waals surface area contributed by atoms with Crippen molar-refractivity contribution in [2.45, 2.75) is 12.8 Å². The Morgan fingerprint density at radius 1 is 1.00 bits per heavy atom. The molecule has 0 aromatic heterocycles. The summed E-state index contributed by atoms with van der Waals surface area (Å²) < 4.78 is 0. The molecule has 0 bridgehead atoms. The largest absolute Gasteiger partial charge is 0.282 e. The number of rotatable bonds is 5. The van der Waals surface area contributed by atoms with Gasteiger partial charge in [-0.15, -0.1) is 0 Å². The SMILES string of the molecule is O=C(SCCCc1ccccc1)c1ccc(Cl)cc1. The molecule has 98 valence electrons. The number of carbonyl (C=O) groups is 1. The molecule has 0 fully saturated rings. The van der Waals surface area contributed by atoms with Crippen molar-refractivity contribution in [3.05, 3.63) is 70.7 Å². The number of hydrogen-bond acceptors (Lipinski definition) is 2. The smallest absolute Gasteiger partial charge is 0.219 e. The number of carbonyl (C=O) groups excluding carboxylic acids is 1. The maximum Gasteiger partial charge on any atom is 0.219 e. The number of hydrogen-bond donors (Lipinski definition) is 0. The first kappa shape index (κ1) is 14.2. The third kappa shape index (κ3) is 4.73. The van der Waals surface area contributed by atoms with E-state index < -0.39 is 0 Å². The van der Waals surface area contributed by atoms with Gasteiger partial charge in [0, 0.05) is 16.3 Å². The normalized spacial score (nSPS) is 10.4. The molecule has 3 heteroatoms. The molecule has 0 N–H and O–H groups in total. The van der Waals surface area contributed by atoms with Crippen LogP contribution in [0.3, 0.4) is 0 Å². The highest BCUT2D eigenvalue weighted by Crippen LogP contribution is 2.17. The average Bonchev–Trinajstić information content (AvgIpc) is 2.45. The monoisotopic (exact) mass is 290 g/mol. The van der Waals surface area contributed by atoms with Crippen molar-refractivity contribution in [2.75, 3.05) is 5.75 Å². The maximum absolute atomic E-state index is 11.9. The molecule has 0 heterocycles. The zero-order valence-corrected chi connectivity index (χ0v) is 12.1. The quantitative estimate of drug-likeness (QED) is 0.733. The van der Waals surface area contributed by atoms with Crippen LogP contribution in [0.5, 0.6) is 0 Å². The van der Waals surface area contributed by atoms with Gasteiger partial charge in [-0.3, -0.25) is 4.79 Å². The second-order valence-electron chi connectivity index (χ2n) is 4.23. The Morgan fingerprint density at radius 2 is 1.68 bits per heavy atom. The molecule has 0 aliphatic rings. The summed E-state index contributed by atoms with van der Waals surface area (Å²) in [4.78, 5) is 11.9. The van der Waals surface area contributed by atoms with Crippen molar-refractivity contribution in [2.24, 2.45) is 0 Å². The van der Waals surface area contributed by atoms with Crippen LogP contribution >= 0.6 is 23.4 Å². The van der Waals surface area contributed by atoms with Crippen molar-refractivity contribution in [1.82, 2.24) is 0 Å². The molecule has 1 nitrogen and oxygen atoms in total. The Labute approximate surface area is 123 Å². The fourth-order valence-corrected chi connectivity index (χ4v) is 2.66. The van der Waals surface area contributed by atoms with E-state index in [1.54, 1.807) is 24.3 Å². The Hall–Kier alpha value is -1.25. The van der Waals surface area contributed by atoms with Gasteiger partial charge in [0.05, 0.1) is 0 Å². The predicted octanol–water partition coefficient (Wildman–Crippen LogP) is 4.85. The van der Waals surface area contributed by atoms with Crippen LogP contribution in [-0.2, 0) is 6.42 Å². The molecule has 0 amide bonds. The Bertz CT molecular complexity index is 522. The minimum atomic E-state index is 0.115. The number of aryl methyl sites for hydroxylation is 1. The highest BCUT2D eigenvalue weighted by Gasteiger charge is 2.05. The topological polar surface area (TPSA) is 17.1 Å². The van der Waals surface area contributed by atoms with Gasteiger partial charge in [-0.1, -0.05) is 53.7 Å². The van der Waals surface area contributed by atoms with Gasteiger partial charge in [0.2, 0.25) is 5.12 Å². The first-order valence-electron chi connectivity index (χ1n) is 6.22. The van der Waals surface area contributed by atoms with E-state index in [-0.39, 0.29) is 5.12 Å². The third-order valence-corrected chi connectivity index (χ3v) is 4.01. The molecule has 0 unspecified atom stereocenters. The van der Waals surface area contributed by atoms with Gasteiger partial charge in [-0.05, 0) is 42.7 Å². The summed E-state index contributed by atoms with van der Waals surface area (Å²) in [6.07, 6.45) is 2.02. The highest BCUT2D eigenvalue weighted by atomic mass is 35.5. The van der Waals surface area contributed by atoms with Gasteiger partial charge < -0.3 is 0 Å². The summed E-state index contributed by atoms with van der Waals surface area (Å²) in [7, 11) is 0. The van der Waals surface area contributed by atoms with Crippen LogP contribution in [0, 0.1) is 0 Å². The molecular formula is C16H15ClOS. The molecule has 0 aliphatic heterocycles. The van der Waals surface area contributed by atoms with Crippen LogP contribution in [0.1, 0.15) is 22.3 Å². The lowest BCUT2D eigenvalue weighted by molar-refractivity contribution is 0.108. The van der Waals surface area contributed by atoms with E-state index in [1.807, 2.05) is 18.2 Å². The molecule has 0 aliphatic carbocycles. The van der Waals surface area contributed by atoms with E-state index in [4.69, 9.17) is 11.6 Å². The molecule has 0 saturated heterocycles. The van der Waals surface area contributed by atoms with Crippen LogP contribution in [0.4, 0.5) is 0 Å². The number of thioether (sulfide) groups is 1. The fourth-order valence-electron chi connectivity index (χ4n) is 1.76. The summed E-state index contributed by atoms with van der Waals surface area (Å²) in [5.74, 6) is 0.844. The Balaban J connectivity index is 1.74. The second-order valence-corrected chi connectivity index (χ2v) is 5.74. The van der Waals surface area contributed by atoms with Crippen LogP contribution < -0.4 is 0 Å². The highest BCUT2D eigenvalue weighted by molar-refractivity contribution is 8.14. The summed E-state index contributed by atoms with van der Waals surface area (Å²) in [6.45, 7) is 0. The minimum absolute atomic E-state index is 0.115. The standard InChI is InChI=1S/C16H15ClOS/c17-15-10-8-14(9-11-15)16(18)19-12-4-7-13-5-2-1-3-6-13/h1-3,5-6,8-11H,4,7,12H2. The lowest BCUT2D eigenvalue weighted by Gasteiger charge is -2.02. The lowest BCUT2D eigenvalue weighted by atomic mass is 10.1. The van der Waals surface area contributed by atoms with Gasteiger partial charge in [0.25, 0.3) is 0 Å². The van der Waals surface area contributed by atoms with E-state index in [0.29, 0.717) is 10.6 Å². The van der Waals surface area contributed by atoms with Crippen LogP contribution in [0.15, 0.2) is 54.6 Å². The first-order valence-corrected chi connectivity index (χ1v) is 7.59. The van der Waals surface area contributed by atoms with E-state index in [9.17, 15) is 4.79 Å². The summed E-state index contributed by atoms with van der Waals surface area (Å²) in [6, 6.07) is 17.4. The van der Waals surface area contributed by atoms with Crippen molar-refractivity contribution < 1.29 is 4.79 Å². The van der Waals surface area contributed by atoms with Gasteiger partial charge in [0.1, 0.15) is 0 Å². The van der Waals surface area contributed by atoms with Crippen LogP contribution in [0.25, 0.3) is 0 Å². The van der Waals surface area contributed by atoms with E-state index in [2.05, 4.69) is 12.1 Å². The molecule has 0 spiro atoms. The molecule has 0 radical (unpaired) electrons. The molecule has 0 atom stereocenters. The summed E-state index contributed by atoms with van der Waals surface area (Å²) in [5, 5.41) is 0.773.